The highest BCUT2D eigenvalue weighted by molar-refractivity contribution is 7.86. The first kappa shape index (κ1) is 20.0. The summed E-state index contributed by atoms with van der Waals surface area (Å²) in [5, 5.41) is 0.774. The van der Waals surface area contributed by atoms with Crippen molar-refractivity contribution in [2.45, 2.75) is 39.7 Å². The molecule has 0 bridgehead atoms. The Morgan fingerprint density at radius 3 is 2.54 bits per heavy atom. The van der Waals surface area contributed by atoms with Crippen molar-refractivity contribution in [1.29, 1.82) is 0 Å². The molecular weight excluding hydrogens is 398 g/mol. The number of H-pyrrole nitrogens is 1. The molecule has 28 heavy (non-hydrogen) atoms. The highest BCUT2D eigenvalue weighted by Gasteiger charge is 2.31. The van der Waals surface area contributed by atoms with E-state index < -0.39 is 10.2 Å². The monoisotopic (exact) mass is 425 g/mol. The maximum atomic E-state index is 12.6. The van der Waals surface area contributed by atoms with Gasteiger partial charge in [0.05, 0.1) is 11.9 Å². The van der Waals surface area contributed by atoms with Crippen LogP contribution in [0, 0.1) is 0 Å². The predicted octanol–water partition coefficient (Wildman–Crippen LogP) is 1.18. The maximum Gasteiger partial charge on any atom is 0.282 e. The molecule has 1 aliphatic carbocycles. The molecule has 0 amide bonds. The van der Waals surface area contributed by atoms with Gasteiger partial charge >= 0.3 is 0 Å². The number of rotatable bonds is 6. The fourth-order valence-electron chi connectivity index (χ4n) is 4.17. The SMILES string of the molecule is CCN(CC)S(=O)(=O)N1CCN(Cc2nc3sc4c(c3c(=O)[nH]2)CCC4)CC1. The van der Waals surface area contributed by atoms with Crippen molar-refractivity contribution in [2.75, 3.05) is 39.3 Å². The summed E-state index contributed by atoms with van der Waals surface area (Å²) in [7, 11) is -3.39. The van der Waals surface area contributed by atoms with Crippen LogP contribution in [0.2, 0.25) is 0 Å². The molecule has 0 saturated carbocycles. The fraction of sp³-hybridized carbons (Fsp3) is 0.667. The highest BCUT2D eigenvalue weighted by atomic mass is 32.2. The molecule has 1 saturated heterocycles. The predicted molar refractivity (Wildman–Crippen MR) is 111 cm³/mol. The average Bonchev–Trinajstić information content (AvgIpc) is 3.23. The maximum absolute atomic E-state index is 12.6. The summed E-state index contributed by atoms with van der Waals surface area (Å²) >= 11 is 1.65. The molecule has 3 heterocycles. The smallest absolute Gasteiger partial charge is 0.282 e. The molecule has 2 aromatic rings. The van der Waals surface area contributed by atoms with E-state index in [4.69, 9.17) is 4.98 Å². The van der Waals surface area contributed by atoms with Crippen LogP contribution in [0.4, 0.5) is 0 Å². The number of aromatic nitrogens is 2. The zero-order valence-electron chi connectivity index (χ0n) is 16.4. The van der Waals surface area contributed by atoms with Crippen molar-refractivity contribution in [3.63, 3.8) is 0 Å². The molecule has 0 spiro atoms. The van der Waals surface area contributed by atoms with Crippen molar-refractivity contribution in [1.82, 2.24) is 23.5 Å². The largest absolute Gasteiger partial charge is 0.309 e. The van der Waals surface area contributed by atoms with Crippen LogP contribution in [-0.4, -0.2) is 71.2 Å². The Bertz CT molecular complexity index is 1020. The number of thiophene rings is 1. The van der Waals surface area contributed by atoms with Gasteiger partial charge in [-0.3, -0.25) is 9.69 Å². The molecule has 2 aromatic heterocycles. The molecule has 0 radical (unpaired) electrons. The van der Waals surface area contributed by atoms with Crippen LogP contribution in [0.25, 0.3) is 10.2 Å². The van der Waals surface area contributed by atoms with Gasteiger partial charge in [-0.1, -0.05) is 13.8 Å². The molecule has 154 valence electrons. The first-order valence-corrected chi connectivity index (χ1v) is 12.2. The Kier molecular flexibility index (Phi) is 5.58. The number of hydrogen-bond donors (Lipinski definition) is 1. The fourth-order valence-corrected chi connectivity index (χ4v) is 7.05. The molecule has 1 N–H and O–H groups in total. The van der Waals surface area contributed by atoms with E-state index in [9.17, 15) is 13.2 Å². The third-order valence-electron chi connectivity index (χ3n) is 5.69. The van der Waals surface area contributed by atoms with Crippen LogP contribution < -0.4 is 5.56 Å². The normalized spacial score (nSPS) is 19.0. The highest BCUT2D eigenvalue weighted by Crippen LogP contribution is 2.34. The van der Waals surface area contributed by atoms with Gasteiger partial charge in [0, 0.05) is 44.1 Å². The third kappa shape index (κ3) is 3.52. The van der Waals surface area contributed by atoms with Gasteiger partial charge in [-0.05, 0) is 24.8 Å². The zero-order valence-corrected chi connectivity index (χ0v) is 18.0. The van der Waals surface area contributed by atoms with Crippen molar-refractivity contribution in [3.8, 4) is 0 Å². The minimum atomic E-state index is -3.39. The lowest BCUT2D eigenvalue weighted by molar-refractivity contribution is 0.172. The van der Waals surface area contributed by atoms with E-state index in [0.29, 0.717) is 51.6 Å². The van der Waals surface area contributed by atoms with Gasteiger partial charge in [-0.15, -0.1) is 11.3 Å². The number of fused-ring (bicyclic) bond motifs is 3. The number of nitrogens with one attached hydrogen (secondary N) is 1. The molecule has 0 atom stereocenters. The topological polar surface area (TPSA) is 89.6 Å². The molecule has 10 heteroatoms. The Labute approximate surface area is 169 Å². The Morgan fingerprint density at radius 2 is 1.86 bits per heavy atom. The summed E-state index contributed by atoms with van der Waals surface area (Å²) in [6.07, 6.45) is 3.15. The van der Waals surface area contributed by atoms with Crippen molar-refractivity contribution in [3.05, 3.63) is 26.6 Å². The minimum Gasteiger partial charge on any atom is -0.309 e. The summed E-state index contributed by atoms with van der Waals surface area (Å²) in [5.74, 6) is 0.664. The first-order valence-electron chi connectivity index (χ1n) is 9.95. The van der Waals surface area contributed by atoms with Crippen molar-refractivity contribution >= 4 is 31.8 Å². The van der Waals surface area contributed by atoms with Gasteiger partial charge in [0.25, 0.3) is 15.8 Å². The summed E-state index contributed by atoms with van der Waals surface area (Å²) in [6, 6.07) is 0. The van der Waals surface area contributed by atoms with E-state index in [0.717, 1.165) is 29.5 Å². The second-order valence-electron chi connectivity index (χ2n) is 7.32. The van der Waals surface area contributed by atoms with Crippen molar-refractivity contribution < 1.29 is 8.42 Å². The lowest BCUT2D eigenvalue weighted by Gasteiger charge is -2.36. The summed E-state index contributed by atoms with van der Waals surface area (Å²) in [5.41, 5.74) is 1.15. The Morgan fingerprint density at radius 1 is 1.14 bits per heavy atom. The van der Waals surface area contributed by atoms with Gasteiger partial charge in [-0.2, -0.15) is 17.0 Å². The summed E-state index contributed by atoms with van der Waals surface area (Å²) in [4.78, 5) is 24.5. The second-order valence-corrected chi connectivity index (χ2v) is 10.3. The molecular formula is C18H27N5O3S2. The summed E-state index contributed by atoms with van der Waals surface area (Å²) in [6.45, 7) is 7.38. The zero-order chi connectivity index (χ0) is 19.9. The molecule has 8 nitrogen and oxygen atoms in total. The number of hydrogen-bond acceptors (Lipinski definition) is 6. The number of aryl methyl sites for hydroxylation is 2. The van der Waals surface area contributed by atoms with E-state index in [1.54, 1.807) is 15.6 Å². The standard InChI is InChI=1S/C18H27N5O3S2/c1-3-22(4-2)28(25,26)23-10-8-21(9-11-23)12-15-19-17(24)16-13-6-5-7-14(13)27-18(16)20-15/h3-12H2,1-2H3,(H,19,20,24). The van der Waals surface area contributed by atoms with Gasteiger partial charge in [0.2, 0.25) is 0 Å². The van der Waals surface area contributed by atoms with E-state index in [2.05, 4.69) is 9.88 Å². The Balaban J connectivity index is 1.45. The van der Waals surface area contributed by atoms with Gasteiger partial charge in [-0.25, -0.2) is 4.98 Å². The van der Waals surface area contributed by atoms with E-state index in [-0.39, 0.29) is 5.56 Å². The molecule has 1 fully saturated rings. The van der Waals surface area contributed by atoms with Gasteiger partial charge in [0.1, 0.15) is 10.7 Å². The van der Waals surface area contributed by atoms with Crippen molar-refractivity contribution in [2.24, 2.45) is 0 Å². The molecule has 4 rings (SSSR count). The van der Waals surface area contributed by atoms with Crippen LogP contribution >= 0.6 is 11.3 Å². The molecule has 0 aromatic carbocycles. The Hall–Kier alpha value is -1.33. The van der Waals surface area contributed by atoms with Crippen LogP contribution in [0.5, 0.6) is 0 Å². The van der Waals surface area contributed by atoms with Gasteiger partial charge < -0.3 is 4.98 Å². The van der Waals surface area contributed by atoms with E-state index >= 15 is 0 Å². The van der Waals surface area contributed by atoms with Crippen LogP contribution in [0.15, 0.2) is 4.79 Å². The second kappa shape index (κ2) is 7.83. The van der Waals surface area contributed by atoms with Crippen LogP contribution in [0.3, 0.4) is 0 Å². The minimum absolute atomic E-state index is 0.0397. The number of nitrogens with zero attached hydrogens (tertiary/aromatic N) is 4. The van der Waals surface area contributed by atoms with Crippen LogP contribution in [-0.2, 0) is 29.6 Å². The molecule has 1 aliphatic heterocycles. The van der Waals surface area contributed by atoms with Crippen LogP contribution in [0.1, 0.15) is 36.5 Å². The summed E-state index contributed by atoms with van der Waals surface area (Å²) < 4.78 is 28.3. The molecule has 0 unspecified atom stereocenters. The number of aromatic amines is 1. The third-order valence-corrected chi connectivity index (χ3v) is 9.06. The lowest BCUT2D eigenvalue weighted by Crippen LogP contribution is -2.52. The first-order chi connectivity index (χ1) is 13.4. The number of piperazine rings is 1. The van der Waals surface area contributed by atoms with E-state index in [1.807, 2.05) is 13.8 Å². The van der Waals surface area contributed by atoms with Gasteiger partial charge in [0.15, 0.2) is 0 Å². The quantitative estimate of drug-likeness (QED) is 0.751. The lowest BCUT2D eigenvalue weighted by atomic mass is 10.2. The van der Waals surface area contributed by atoms with E-state index in [1.165, 1.54) is 14.7 Å². The average molecular weight is 426 g/mol. The molecule has 2 aliphatic rings.